The molecule has 2 rings (SSSR count). The Bertz CT molecular complexity index is 293. The quantitative estimate of drug-likeness (QED) is 0.789. The van der Waals surface area contributed by atoms with E-state index >= 15 is 0 Å². The first kappa shape index (κ1) is 10.7. The maximum Gasteiger partial charge on any atom is 0.0626 e. The summed E-state index contributed by atoms with van der Waals surface area (Å²) in [6.45, 7) is 2.45. The topological polar surface area (TPSA) is 32.3 Å². The van der Waals surface area contributed by atoms with Crippen LogP contribution in [0.2, 0.25) is 0 Å². The fourth-order valence-electron chi connectivity index (χ4n) is 2.26. The maximum atomic E-state index is 9.35. The minimum atomic E-state index is 0.101. The molecule has 2 nitrogen and oxygen atoms in total. The van der Waals surface area contributed by atoms with Crippen LogP contribution in [0.3, 0.4) is 0 Å². The standard InChI is InChI=1S/C13H19NO/c1-10-7-12(8-10)14-13(9-15)11-5-3-2-4-6-11/h2-6,10,12-15H,7-9H2,1H3/t10?,12?,13-/m1/s1. The maximum absolute atomic E-state index is 9.35. The van der Waals surface area contributed by atoms with Gasteiger partial charge < -0.3 is 10.4 Å². The predicted molar refractivity (Wildman–Crippen MR) is 61.6 cm³/mol. The van der Waals surface area contributed by atoms with Gasteiger partial charge in [-0.05, 0) is 24.3 Å². The van der Waals surface area contributed by atoms with Crippen molar-refractivity contribution >= 4 is 0 Å². The summed E-state index contributed by atoms with van der Waals surface area (Å²) in [5.41, 5.74) is 1.18. The van der Waals surface area contributed by atoms with Crippen molar-refractivity contribution in [1.29, 1.82) is 0 Å². The third-order valence-corrected chi connectivity index (χ3v) is 3.20. The van der Waals surface area contributed by atoms with Crippen LogP contribution < -0.4 is 5.32 Å². The molecule has 82 valence electrons. The first-order valence-electron chi connectivity index (χ1n) is 5.71. The van der Waals surface area contributed by atoms with Crippen molar-refractivity contribution in [2.75, 3.05) is 6.61 Å². The lowest BCUT2D eigenvalue weighted by Crippen LogP contribution is -2.43. The highest BCUT2D eigenvalue weighted by atomic mass is 16.3. The predicted octanol–water partition coefficient (Wildman–Crippen LogP) is 2.11. The molecule has 15 heavy (non-hydrogen) atoms. The molecule has 0 spiro atoms. The Morgan fingerprint density at radius 3 is 2.53 bits per heavy atom. The molecule has 0 heterocycles. The van der Waals surface area contributed by atoms with Crippen LogP contribution in [0.25, 0.3) is 0 Å². The molecule has 1 aromatic carbocycles. The van der Waals surface area contributed by atoms with Gasteiger partial charge in [0, 0.05) is 6.04 Å². The van der Waals surface area contributed by atoms with E-state index in [4.69, 9.17) is 0 Å². The molecule has 0 aliphatic heterocycles. The molecule has 0 aromatic heterocycles. The van der Waals surface area contributed by atoms with Crippen LogP contribution in [0.4, 0.5) is 0 Å². The second kappa shape index (κ2) is 4.77. The lowest BCUT2D eigenvalue weighted by molar-refractivity contribution is 0.178. The Labute approximate surface area is 91.3 Å². The number of benzene rings is 1. The third kappa shape index (κ3) is 2.58. The average Bonchev–Trinajstić information content (AvgIpc) is 2.24. The lowest BCUT2D eigenvalue weighted by atomic mass is 9.81. The van der Waals surface area contributed by atoms with Crippen LogP contribution in [0.15, 0.2) is 30.3 Å². The Hall–Kier alpha value is -0.860. The van der Waals surface area contributed by atoms with Crippen molar-refractivity contribution in [3.05, 3.63) is 35.9 Å². The highest BCUT2D eigenvalue weighted by Crippen LogP contribution is 2.28. The summed E-state index contributed by atoms with van der Waals surface area (Å²) in [5.74, 6) is 0.845. The summed E-state index contributed by atoms with van der Waals surface area (Å²) in [7, 11) is 0. The van der Waals surface area contributed by atoms with E-state index in [1.165, 1.54) is 18.4 Å². The van der Waals surface area contributed by atoms with E-state index in [1.807, 2.05) is 18.2 Å². The fourth-order valence-corrected chi connectivity index (χ4v) is 2.26. The Morgan fingerprint density at radius 2 is 2.00 bits per heavy atom. The Morgan fingerprint density at radius 1 is 1.33 bits per heavy atom. The van der Waals surface area contributed by atoms with E-state index in [2.05, 4.69) is 24.4 Å². The molecule has 1 fully saturated rings. The highest BCUT2D eigenvalue weighted by molar-refractivity contribution is 5.19. The van der Waals surface area contributed by atoms with Crippen molar-refractivity contribution in [2.45, 2.75) is 31.8 Å². The number of hydrogen-bond donors (Lipinski definition) is 2. The minimum Gasteiger partial charge on any atom is -0.394 e. The van der Waals surface area contributed by atoms with Gasteiger partial charge in [0.1, 0.15) is 0 Å². The van der Waals surface area contributed by atoms with E-state index in [9.17, 15) is 5.11 Å². The van der Waals surface area contributed by atoms with Crippen LogP contribution in [0.1, 0.15) is 31.4 Å². The van der Waals surface area contributed by atoms with Crippen molar-refractivity contribution in [3.8, 4) is 0 Å². The van der Waals surface area contributed by atoms with Crippen LogP contribution in [0, 0.1) is 5.92 Å². The SMILES string of the molecule is CC1CC(N[C@H](CO)c2ccccc2)C1. The van der Waals surface area contributed by atoms with Crippen LogP contribution in [-0.4, -0.2) is 17.8 Å². The third-order valence-electron chi connectivity index (χ3n) is 3.20. The van der Waals surface area contributed by atoms with Crippen LogP contribution in [-0.2, 0) is 0 Å². The van der Waals surface area contributed by atoms with Crippen molar-refractivity contribution in [1.82, 2.24) is 5.32 Å². The van der Waals surface area contributed by atoms with Gasteiger partial charge in [-0.1, -0.05) is 37.3 Å². The smallest absolute Gasteiger partial charge is 0.0626 e. The zero-order valence-corrected chi connectivity index (χ0v) is 9.19. The number of aliphatic hydroxyl groups excluding tert-OH is 1. The molecule has 1 aliphatic rings. The second-order valence-electron chi connectivity index (χ2n) is 4.59. The van der Waals surface area contributed by atoms with E-state index in [1.54, 1.807) is 0 Å². The molecule has 1 saturated carbocycles. The number of hydrogen-bond acceptors (Lipinski definition) is 2. The van der Waals surface area contributed by atoms with Crippen LogP contribution >= 0.6 is 0 Å². The van der Waals surface area contributed by atoms with E-state index in [0.29, 0.717) is 6.04 Å². The molecule has 0 bridgehead atoms. The summed E-state index contributed by atoms with van der Waals surface area (Å²) < 4.78 is 0. The van der Waals surface area contributed by atoms with Gasteiger partial charge in [-0.15, -0.1) is 0 Å². The van der Waals surface area contributed by atoms with E-state index < -0.39 is 0 Å². The molecule has 0 saturated heterocycles. The summed E-state index contributed by atoms with van der Waals surface area (Å²) in [5, 5.41) is 12.9. The molecule has 1 aromatic rings. The van der Waals surface area contributed by atoms with Crippen molar-refractivity contribution in [3.63, 3.8) is 0 Å². The molecule has 0 unspecified atom stereocenters. The minimum absolute atomic E-state index is 0.101. The van der Waals surface area contributed by atoms with Gasteiger partial charge >= 0.3 is 0 Å². The number of nitrogens with one attached hydrogen (secondary N) is 1. The lowest BCUT2D eigenvalue weighted by Gasteiger charge is -2.36. The summed E-state index contributed by atoms with van der Waals surface area (Å²) in [6, 6.07) is 10.9. The molecular formula is C13H19NO. The molecule has 2 N–H and O–H groups in total. The average molecular weight is 205 g/mol. The van der Waals surface area contributed by atoms with Gasteiger partial charge in [-0.25, -0.2) is 0 Å². The molecule has 1 atom stereocenters. The van der Waals surface area contributed by atoms with Crippen LogP contribution in [0.5, 0.6) is 0 Å². The van der Waals surface area contributed by atoms with Gasteiger partial charge in [0.2, 0.25) is 0 Å². The Kier molecular flexibility index (Phi) is 3.39. The molecular weight excluding hydrogens is 186 g/mol. The summed E-state index contributed by atoms with van der Waals surface area (Å²) >= 11 is 0. The highest BCUT2D eigenvalue weighted by Gasteiger charge is 2.27. The Balaban J connectivity index is 1.93. The van der Waals surface area contributed by atoms with Gasteiger partial charge in [-0.2, -0.15) is 0 Å². The van der Waals surface area contributed by atoms with Crippen molar-refractivity contribution in [2.24, 2.45) is 5.92 Å². The van der Waals surface area contributed by atoms with Gasteiger partial charge in [0.05, 0.1) is 12.6 Å². The van der Waals surface area contributed by atoms with Gasteiger partial charge in [0.25, 0.3) is 0 Å². The zero-order chi connectivity index (χ0) is 10.7. The first-order valence-corrected chi connectivity index (χ1v) is 5.71. The van der Waals surface area contributed by atoms with Crippen molar-refractivity contribution < 1.29 is 5.11 Å². The summed E-state index contributed by atoms with van der Waals surface area (Å²) in [6.07, 6.45) is 2.48. The van der Waals surface area contributed by atoms with E-state index in [0.717, 1.165) is 5.92 Å². The van der Waals surface area contributed by atoms with Gasteiger partial charge in [0.15, 0.2) is 0 Å². The molecule has 2 heteroatoms. The second-order valence-corrected chi connectivity index (χ2v) is 4.59. The van der Waals surface area contributed by atoms with Gasteiger partial charge in [-0.3, -0.25) is 0 Å². The molecule has 0 amide bonds. The normalized spacial score (nSPS) is 27.1. The summed E-state index contributed by atoms with van der Waals surface area (Å²) in [4.78, 5) is 0. The molecule has 1 aliphatic carbocycles. The number of aliphatic hydroxyl groups is 1. The fraction of sp³-hybridized carbons (Fsp3) is 0.538. The largest absolute Gasteiger partial charge is 0.394 e. The zero-order valence-electron chi connectivity index (χ0n) is 9.19. The molecule has 0 radical (unpaired) electrons. The number of rotatable bonds is 4. The van der Waals surface area contributed by atoms with E-state index in [-0.39, 0.29) is 12.6 Å². The first-order chi connectivity index (χ1) is 7.29. The monoisotopic (exact) mass is 205 g/mol.